The average Bonchev–Trinajstić information content (AvgIpc) is 3.13. The number of carbonyl (C=O) groups is 1. The van der Waals surface area contributed by atoms with Gasteiger partial charge in [-0.25, -0.2) is 0 Å². The van der Waals surface area contributed by atoms with Crippen molar-refractivity contribution in [3.05, 3.63) is 41.6 Å². The zero-order valence-electron chi connectivity index (χ0n) is 13.7. The Labute approximate surface area is 136 Å². The second kappa shape index (κ2) is 6.16. The van der Waals surface area contributed by atoms with E-state index in [4.69, 9.17) is 0 Å². The van der Waals surface area contributed by atoms with Crippen molar-refractivity contribution in [1.29, 1.82) is 0 Å². The van der Waals surface area contributed by atoms with Gasteiger partial charge in [0.15, 0.2) is 5.69 Å². The minimum absolute atomic E-state index is 0.237. The molecule has 5 heteroatoms. The van der Waals surface area contributed by atoms with Crippen molar-refractivity contribution in [2.75, 3.05) is 6.54 Å². The van der Waals surface area contributed by atoms with Gasteiger partial charge in [0, 0.05) is 13.6 Å². The van der Waals surface area contributed by atoms with Gasteiger partial charge in [-0.2, -0.15) is 5.10 Å². The van der Waals surface area contributed by atoms with Crippen molar-refractivity contribution in [3.63, 3.8) is 0 Å². The molecule has 2 aromatic rings. The van der Waals surface area contributed by atoms with Crippen LogP contribution in [0.3, 0.4) is 0 Å². The number of rotatable bonds is 4. The molecule has 0 radical (unpaired) electrons. The molecule has 122 valence electrons. The number of aromatic nitrogens is 2. The van der Waals surface area contributed by atoms with Gasteiger partial charge in [-0.1, -0.05) is 42.7 Å². The number of hydrogen-bond donors (Lipinski definition) is 2. The SMILES string of the molecule is Cc1ccc(-c2cc(C(=O)NCC3(O)CCCC3)nn2C)cc1. The van der Waals surface area contributed by atoms with E-state index < -0.39 is 5.60 Å². The fourth-order valence-corrected chi connectivity index (χ4v) is 3.12. The number of nitrogens with zero attached hydrogens (tertiary/aromatic N) is 2. The summed E-state index contributed by atoms with van der Waals surface area (Å²) in [5, 5.41) is 17.4. The maximum absolute atomic E-state index is 12.3. The molecule has 2 N–H and O–H groups in total. The molecule has 0 atom stereocenters. The first-order valence-electron chi connectivity index (χ1n) is 8.09. The Morgan fingerprint density at radius 1 is 1.30 bits per heavy atom. The van der Waals surface area contributed by atoms with Crippen molar-refractivity contribution in [1.82, 2.24) is 15.1 Å². The predicted molar refractivity (Wildman–Crippen MR) is 89.1 cm³/mol. The molecule has 1 saturated carbocycles. The smallest absolute Gasteiger partial charge is 0.271 e. The molecular formula is C18H23N3O2. The van der Waals surface area contributed by atoms with E-state index in [1.807, 2.05) is 38.2 Å². The molecule has 0 bridgehead atoms. The van der Waals surface area contributed by atoms with Crippen molar-refractivity contribution < 1.29 is 9.90 Å². The van der Waals surface area contributed by atoms with Crippen LogP contribution in [0.15, 0.2) is 30.3 Å². The molecule has 1 aliphatic rings. The average molecular weight is 313 g/mol. The first kappa shape index (κ1) is 15.7. The summed E-state index contributed by atoms with van der Waals surface area (Å²) in [7, 11) is 1.83. The second-order valence-corrected chi connectivity index (χ2v) is 6.52. The number of aliphatic hydroxyl groups is 1. The lowest BCUT2D eigenvalue weighted by atomic mass is 10.0. The van der Waals surface area contributed by atoms with E-state index in [9.17, 15) is 9.90 Å². The quantitative estimate of drug-likeness (QED) is 0.911. The second-order valence-electron chi connectivity index (χ2n) is 6.52. The van der Waals surface area contributed by atoms with Gasteiger partial charge in [0.05, 0.1) is 11.3 Å². The number of hydrogen-bond acceptors (Lipinski definition) is 3. The molecule has 1 amide bonds. The molecule has 5 nitrogen and oxygen atoms in total. The summed E-state index contributed by atoms with van der Waals surface area (Å²) >= 11 is 0. The maximum Gasteiger partial charge on any atom is 0.271 e. The molecule has 0 saturated heterocycles. The third kappa shape index (κ3) is 3.45. The fourth-order valence-electron chi connectivity index (χ4n) is 3.12. The molecule has 3 rings (SSSR count). The van der Waals surface area contributed by atoms with Crippen LogP contribution in [-0.4, -0.2) is 32.9 Å². The molecule has 1 heterocycles. The zero-order chi connectivity index (χ0) is 16.4. The first-order valence-corrected chi connectivity index (χ1v) is 8.09. The Morgan fingerprint density at radius 2 is 1.96 bits per heavy atom. The van der Waals surface area contributed by atoms with Crippen LogP contribution < -0.4 is 5.32 Å². The Bertz CT molecular complexity index is 698. The number of carbonyl (C=O) groups excluding carboxylic acids is 1. The first-order chi connectivity index (χ1) is 11.0. The van der Waals surface area contributed by atoms with E-state index in [0.29, 0.717) is 12.2 Å². The van der Waals surface area contributed by atoms with E-state index in [2.05, 4.69) is 10.4 Å². The number of amides is 1. The summed E-state index contributed by atoms with van der Waals surface area (Å²) in [5.74, 6) is -0.237. The van der Waals surface area contributed by atoms with Gasteiger partial charge < -0.3 is 10.4 Å². The summed E-state index contributed by atoms with van der Waals surface area (Å²) in [4.78, 5) is 12.3. The van der Waals surface area contributed by atoms with Gasteiger partial charge in [-0.3, -0.25) is 9.48 Å². The number of nitrogens with one attached hydrogen (secondary N) is 1. The van der Waals surface area contributed by atoms with Crippen molar-refractivity contribution in [3.8, 4) is 11.3 Å². The van der Waals surface area contributed by atoms with Gasteiger partial charge in [-0.15, -0.1) is 0 Å². The lowest BCUT2D eigenvalue weighted by molar-refractivity contribution is 0.0448. The van der Waals surface area contributed by atoms with Crippen LogP contribution in [0, 0.1) is 6.92 Å². The molecule has 1 aliphatic carbocycles. The molecule has 0 spiro atoms. The Morgan fingerprint density at radius 3 is 2.61 bits per heavy atom. The van der Waals surface area contributed by atoms with E-state index in [1.54, 1.807) is 10.7 Å². The van der Waals surface area contributed by atoms with Gasteiger partial charge in [-0.05, 0) is 31.4 Å². The Hall–Kier alpha value is -2.14. The highest BCUT2D eigenvalue weighted by molar-refractivity contribution is 5.93. The summed E-state index contributed by atoms with van der Waals surface area (Å²) in [5.41, 5.74) is 2.75. The molecule has 0 unspecified atom stereocenters. The lowest BCUT2D eigenvalue weighted by Gasteiger charge is -2.21. The predicted octanol–water partition coefficient (Wildman–Crippen LogP) is 2.43. The topological polar surface area (TPSA) is 67.2 Å². The van der Waals surface area contributed by atoms with Gasteiger partial charge in [0.2, 0.25) is 0 Å². The fraction of sp³-hybridized carbons (Fsp3) is 0.444. The highest BCUT2D eigenvalue weighted by Gasteiger charge is 2.31. The van der Waals surface area contributed by atoms with Crippen LogP contribution in [0.5, 0.6) is 0 Å². The maximum atomic E-state index is 12.3. The Kier molecular flexibility index (Phi) is 4.22. The third-order valence-corrected chi connectivity index (χ3v) is 4.57. The van der Waals surface area contributed by atoms with E-state index in [1.165, 1.54) is 5.56 Å². The summed E-state index contributed by atoms with van der Waals surface area (Å²) in [6.07, 6.45) is 3.55. The standard InChI is InChI=1S/C18H23N3O2/c1-13-5-7-14(8-6-13)16-11-15(20-21(16)2)17(22)19-12-18(23)9-3-4-10-18/h5-8,11,23H,3-4,9-10,12H2,1-2H3,(H,19,22). The monoisotopic (exact) mass is 313 g/mol. The third-order valence-electron chi connectivity index (χ3n) is 4.57. The minimum Gasteiger partial charge on any atom is -0.388 e. The van der Waals surface area contributed by atoms with E-state index in [0.717, 1.165) is 36.9 Å². The van der Waals surface area contributed by atoms with Crippen LogP contribution >= 0.6 is 0 Å². The molecule has 23 heavy (non-hydrogen) atoms. The highest BCUT2D eigenvalue weighted by atomic mass is 16.3. The molecule has 1 aromatic heterocycles. The molecule has 0 aliphatic heterocycles. The van der Waals surface area contributed by atoms with Crippen molar-refractivity contribution in [2.45, 2.75) is 38.2 Å². The normalized spacial score (nSPS) is 16.5. The van der Waals surface area contributed by atoms with Crippen LogP contribution in [0.1, 0.15) is 41.7 Å². The number of benzene rings is 1. The minimum atomic E-state index is -0.746. The lowest BCUT2D eigenvalue weighted by Crippen LogP contribution is -2.40. The molecule has 1 fully saturated rings. The van der Waals surface area contributed by atoms with Crippen LogP contribution in [0.25, 0.3) is 11.3 Å². The van der Waals surface area contributed by atoms with Crippen LogP contribution in [0.2, 0.25) is 0 Å². The summed E-state index contributed by atoms with van der Waals surface area (Å²) in [6, 6.07) is 9.92. The Balaban J connectivity index is 1.72. The van der Waals surface area contributed by atoms with E-state index >= 15 is 0 Å². The van der Waals surface area contributed by atoms with Gasteiger partial charge >= 0.3 is 0 Å². The van der Waals surface area contributed by atoms with Crippen LogP contribution in [0.4, 0.5) is 0 Å². The van der Waals surface area contributed by atoms with Crippen molar-refractivity contribution in [2.24, 2.45) is 7.05 Å². The van der Waals surface area contributed by atoms with Gasteiger partial charge in [0.1, 0.15) is 0 Å². The number of aryl methyl sites for hydroxylation is 2. The van der Waals surface area contributed by atoms with Crippen LogP contribution in [-0.2, 0) is 7.05 Å². The zero-order valence-corrected chi connectivity index (χ0v) is 13.7. The largest absolute Gasteiger partial charge is 0.388 e. The summed E-state index contributed by atoms with van der Waals surface area (Å²) < 4.78 is 1.71. The molecule has 1 aromatic carbocycles. The van der Waals surface area contributed by atoms with E-state index in [-0.39, 0.29) is 5.91 Å². The highest BCUT2D eigenvalue weighted by Crippen LogP contribution is 2.28. The summed E-state index contributed by atoms with van der Waals surface area (Å²) in [6.45, 7) is 2.34. The van der Waals surface area contributed by atoms with Crippen molar-refractivity contribution >= 4 is 5.91 Å². The van der Waals surface area contributed by atoms with Gasteiger partial charge in [0.25, 0.3) is 5.91 Å². The molecular weight excluding hydrogens is 290 g/mol.